The molecule has 1 heterocycles. The molecular weight excluding hydrogens is 291 g/mol. The fourth-order valence-corrected chi connectivity index (χ4v) is 1.59. The van der Waals surface area contributed by atoms with E-state index in [-0.39, 0.29) is 11.3 Å². The van der Waals surface area contributed by atoms with E-state index in [9.17, 15) is 8.78 Å². The number of ether oxygens (including phenoxy) is 1. The molecule has 0 bridgehead atoms. The summed E-state index contributed by atoms with van der Waals surface area (Å²) in [5.41, 5.74) is 0.521. The van der Waals surface area contributed by atoms with Gasteiger partial charge in [0.2, 0.25) is 0 Å². The van der Waals surface area contributed by atoms with Crippen molar-refractivity contribution in [3.8, 4) is 5.75 Å². The highest BCUT2D eigenvalue weighted by atomic mass is 127. The highest BCUT2D eigenvalue weighted by molar-refractivity contribution is 14.1. The summed E-state index contributed by atoms with van der Waals surface area (Å²) in [6.07, 6.45) is -1.21. The Morgan fingerprint density at radius 1 is 1.54 bits per heavy atom. The molecular formula is C8H8F2INO. The van der Waals surface area contributed by atoms with Crippen LogP contribution in [0.15, 0.2) is 6.20 Å². The molecule has 0 spiro atoms. The van der Waals surface area contributed by atoms with E-state index >= 15 is 0 Å². The molecule has 0 radical (unpaired) electrons. The standard InChI is InChI=1S/C8H8F2INO/c1-4-7(11)6(8(9)10)5(13-2)3-12-4/h3,8H,1-2H3. The largest absolute Gasteiger partial charge is 0.495 e. The van der Waals surface area contributed by atoms with E-state index in [1.54, 1.807) is 6.92 Å². The Morgan fingerprint density at radius 3 is 2.62 bits per heavy atom. The molecule has 5 heteroatoms. The van der Waals surface area contributed by atoms with Gasteiger partial charge in [0.1, 0.15) is 5.75 Å². The molecule has 0 unspecified atom stereocenters. The van der Waals surface area contributed by atoms with Gasteiger partial charge in [-0.25, -0.2) is 8.78 Å². The van der Waals surface area contributed by atoms with Gasteiger partial charge in [0.05, 0.1) is 24.6 Å². The van der Waals surface area contributed by atoms with Gasteiger partial charge in [-0.15, -0.1) is 0 Å². The summed E-state index contributed by atoms with van der Waals surface area (Å²) in [6.45, 7) is 1.69. The fourth-order valence-electron chi connectivity index (χ4n) is 0.951. The minimum Gasteiger partial charge on any atom is -0.495 e. The van der Waals surface area contributed by atoms with Crippen molar-refractivity contribution in [2.45, 2.75) is 13.3 Å². The number of hydrogen-bond donors (Lipinski definition) is 0. The predicted octanol–water partition coefficient (Wildman–Crippen LogP) is 2.94. The van der Waals surface area contributed by atoms with Gasteiger partial charge >= 0.3 is 0 Å². The van der Waals surface area contributed by atoms with Gasteiger partial charge in [-0.05, 0) is 29.5 Å². The molecule has 0 saturated heterocycles. The summed E-state index contributed by atoms with van der Waals surface area (Å²) in [7, 11) is 1.36. The van der Waals surface area contributed by atoms with E-state index < -0.39 is 6.43 Å². The molecule has 13 heavy (non-hydrogen) atoms. The van der Waals surface area contributed by atoms with Crippen LogP contribution < -0.4 is 4.74 Å². The smallest absolute Gasteiger partial charge is 0.268 e. The number of halogens is 3. The molecule has 0 saturated carbocycles. The number of rotatable bonds is 2. The van der Waals surface area contributed by atoms with Gasteiger partial charge in [0.25, 0.3) is 6.43 Å². The van der Waals surface area contributed by atoms with Crippen molar-refractivity contribution in [2.75, 3.05) is 7.11 Å². The first-order chi connectivity index (χ1) is 6.07. The highest BCUT2D eigenvalue weighted by Crippen LogP contribution is 2.33. The molecule has 1 rings (SSSR count). The number of aromatic nitrogens is 1. The first kappa shape index (κ1) is 10.6. The second kappa shape index (κ2) is 4.17. The third kappa shape index (κ3) is 2.07. The lowest BCUT2D eigenvalue weighted by atomic mass is 10.2. The SMILES string of the molecule is COc1cnc(C)c(I)c1C(F)F. The first-order valence-corrected chi connectivity index (χ1v) is 4.63. The van der Waals surface area contributed by atoms with Crippen LogP contribution in [0.2, 0.25) is 0 Å². The van der Waals surface area contributed by atoms with Crippen LogP contribution in [-0.2, 0) is 0 Å². The van der Waals surface area contributed by atoms with Crippen LogP contribution in [0.5, 0.6) is 5.75 Å². The summed E-state index contributed by atoms with van der Waals surface area (Å²) < 4.78 is 30.3. The van der Waals surface area contributed by atoms with E-state index in [4.69, 9.17) is 4.74 Å². The second-order valence-corrected chi connectivity index (χ2v) is 3.52. The van der Waals surface area contributed by atoms with Crippen LogP contribution in [0.25, 0.3) is 0 Å². The lowest BCUT2D eigenvalue weighted by molar-refractivity contribution is 0.145. The maximum Gasteiger partial charge on any atom is 0.268 e. The molecule has 0 N–H and O–H groups in total. The number of aryl methyl sites for hydroxylation is 1. The Balaban J connectivity index is 3.32. The minimum absolute atomic E-state index is 0.0735. The fraction of sp³-hybridized carbons (Fsp3) is 0.375. The maximum absolute atomic E-state index is 12.5. The highest BCUT2D eigenvalue weighted by Gasteiger charge is 2.19. The molecule has 0 amide bonds. The lowest BCUT2D eigenvalue weighted by Crippen LogP contribution is -2.00. The van der Waals surface area contributed by atoms with Crippen LogP contribution in [0.3, 0.4) is 0 Å². The van der Waals surface area contributed by atoms with E-state index in [0.29, 0.717) is 9.26 Å². The Hall–Kier alpha value is -0.460. The molecule has 1 aromatic heterocycles. The molecule has 0 aromatic carbocycles. The number of nitrogens with zero attached hydrogens (tertiary/aromatic N) is 1. The molecule has 0 fully saturated rings. The first-order valence-electron chi connectivity index (χ1n) is 3.55. The maximum atomic E-state index is 12.5. The van der Waals surface area contributed by atoms with Crippen molar-refractivity contribution in [3.63, 3.8) is 0 Å². The van der Waals surface area contributed by atoms with E-state index in [1.807, 2.05) is 22.6 Å². The third-order valence-electron chi connectivity index (χ3n) is 1.63. The van der Waals surface area contributed by atoms with Crippen molar-refractivity contribution < 1.29 is 13.5 Å². The number of hydrogen-bond acceptors (Lipinski definition) is 2. The number of alkyl halides is 2. The topological polar surface area (TPSA) is 22.1 Å². The molecule has 0 aliphatic heterocycles. The Labute approximate surface area is 88.5 Å². The zero-order chi connectivity index (χ0) is 10.0. The van der Waals surface area contributed by atoms with Gasteiger partial charge in [0.15, 0.2) is 0 Å². The predicted molar refractivity (Wildman–Crippen MR) is 53.2 cm³/mol. The Bertz CT molecular complexity index is 317. The van der Waals surface area contributed by atoms with Crippen LogP contribution in [0.4, 0.5) is 8.78 Å². The molecule has 1 aromatic rings. The van der Waals surface area contributed by atoms with Crippen LogP contribution in [-0.4, -0.2) is 12.1 Å². The monoisotopic (exact) mass is 299 g/mol. The molecule has 0 aliphatic carbocycles. The van der Waals surface area contributed by atoms with Crippen molar-refractivity contribution in [3.05, 3.63) is 21.0 Å². The van der Waals surface area contributed by atoms with Crippen molar-refractivity contribution in [1.29, 1.82) is 0 Å². The molecule has 0 aliphatic rings. The van der Waals surface area contributed by atoms with Crippen molar-refractivity contribution >= 4 is 22.6 Å². The van der Waals surface area contributed by atoms with Gasteiger partial charge in [0, 0.05) is 3.57 Å². The number of methoxy groups -OCH3 is 1. The molecule has 2 nitrogen and oxygen atoms in total. The molecule has 72 valence electrons. The van der Waals surface area contributed by atoms with Gasteiger partial charge in [-0.3, -0.25) is 4.98 Å². The van der Waals surface area contributed by atoms with Crippen LogP contribution in [0, 0.1) is 10.5 Å². The average molecular weight is 299 g/mol. The zero-order valence-corrected chi connectivity index (χ0v) is 9.30. The Kier molecular flexibility index (Phi) is 3.40. The van der Waals surface area contributed by atoms with Gasteiger partial charge < -0.3 is 4.74 Å². The normalized spacial score (nSPS) is 10.6. The molecule has 0 atom stereocenters. The summed E-state index contributed by atoms with van der Waals surface area (Å²) in [6, 6.07) is 0. The lowest BCUT2D eigenvalue weighted by Gasteiger charge is -2.10. The van der Waals surface area contributed by atoms with Gasteiger partial charge in [-0.1, -0.05) is 0 Å². The second-order valence-electron chi connectivity index (χ2n) is 2.44. The summed E-state index contributed by atoms with van der Waals surface area (Å²) in [5, 5.41) is 0. The average Bonchev–Trinajstić information content (AvgIpc) is 2.08. The van der Waals surface area contributed by atoms with Crippen LogP contribution in [0.1, 0.15) is 17.7 Å². The quantitative estimate of drug-likeness (QED) is 0.783. The summed E-state index contributed by atoms with van der Waals surface area (Å²) >= 11 is 1.85. The summed E-state index contributed by atoms with van der Waals surface area (Å²) in [5.74, 6) is 0.144. The van der Waals surface area contributed by atoms with Gasteiger partial charge in [-0.2, -0.15) is 0 Å². The number of pyridine rings is 1. The van der Waals surface area contributed by atoms with Crippen LogP contribution >= 0.6 is 22.6 Å². The Morgan fingerprint density at radius 2 is 2.15 bits per heavy atom. The van der Waals surface area contributed by atoms with Crippen molar-refractivity contribution in [2.24, 2.45) is 0 Å². The van der Waals surface area contributed by atoms with Crippen molar-refractivity contribution in [1.82, 2.24) is 4.98 Å². The zero-order valence-electron chi connectivity index (χ0n) is 7.14. The summed E-state index contributed by atoms with van der Waals surface area (Å²) in [4.78, 5) is 3.93. The minimum atomic E-state index is -2.52. The van der Waals surface area contributed by atoms with E-state index in [0.717, 1.165) is 0 Å². The van der Waals surface area contributed by atoms with E-state index in [1.165, 1.54) is 13.3 Å². The third-order valence-corrected chi connectivity index (χ3v) is 2.99. The van der Waals surface area contributed by atoms with E-state index in [2.05, 4.69) is 4.98 Å².